The van der Waals surface area contributed by atoms with Gasteiger partial charge in [-0.25, -0.2) is 9.59 Å². The zero-order valence-electron chi connectivity index (χ0n) is 29.5. The average Bonchev–Trinajstić information content (AvgIpc) is 3.33. The van der Waals surface area contributed by atoms with Crippen LogP contribution in [0.15, 0.2) is 36.0 Å². The number of aliphatic hydroxyl groups excluding tert-OH is 1. The van der Waals surface area contributed by atoms with E-state index in [1.165, 1.54) is 43.4 Å². The molecule has 0 unspecified atom stereocenters. The van der Waals surface area contributed by atoms with Crippen LogP contribution in [0, 0.1) is 17.8 Å². The van der Waals surface area contributed by atoms with Crippen molar-refractivity contribution in [2.24, 2.45) is 17.8 Å². The molecule has 10 heteroatoms. The lowest BCUT2D eigenvalue weighted by molar-refractivity contribution is -0.139. The van der Waals surface area contributed by atoms with E-state index in [0.29, 0.717) is 51.5 Å². The number of nitrogens with zero attached hydrogens (tertiary/aromatic N) is 3. The Labute approximate surface area is 287 Å². The number of amides is 2. The molecule has 0 radical (unpaired) electrons. The van der Waals surface area contributed by atoms with Gasteiger partial charge in [-0.1, -0.05) is 75.8 Å². The third-order valence-electron chi connectivity index (χ3n) is 10.5. The molecule has 5 atom stereocenters. The van der Waals surface area contributed by atoms with Gasteiger partial charge in [-0.3, -0.25) is 14.5 Å². The number of likely N-dealkylation sites (tertiary alicyclic amines) is 1. The molecule has 0 spiro atoms. The summed E-state index contributed by atoms with van der Waals surface area (Å²) in [5.74, 6) is -1.68. The second-order valence-corrected chi connectivity index (χ2v) is 14.4. The molecule has 2 aliphatic heterocycles. The summed E-state index contributed by atoms with van der Waals surface area (Å²) in [5.41, 5.74) is 0.772. The van der Waals surface area contributed by atoms with Crippen molar-refractivity contribution in [2.45, 2.75) is 116 Å². The lowest BCUT2D eigenvalue weighted by Gasteiger charge is -2.39. The van der Waals surface area contributed by atoms with Gasteiger partial charge in [0.1, 0.15) is 6.10 Å². The van der Waals surface area contributed by atoms with Crippen LogP contribution in [0.5, 0.6) is 0 Å². The number of hydrogen-bond acceptors (Lipinski definition) is 8. The minimum Gasteiger partial charge on any atom is -0.449 e. The van der Waals surface area contributed by atoms with E-state index >= 15 is 0 Å². The maximum absolute atomic E-state index is 13.4. The predicted octanol–water partition coefficient (Wildman–Crippen LogP) is 6.08. The Kier molecular flexibility index (Phi) is 15.2. The van der Waals surface area contributed by atoms with E-state index < -0.39 is 18.1 Å². The molecule has 0 aromatic rings. The quantitative estimate of drug-likeness (QED) is 0.150. The third-order valence-corrected chi connectivity index (χ3v) is 10.5. The minimum absolute atomic E-state index is 0.0632. The maximum atomic E-state index is 13.4. The minimum atomic E-state index is -0.624. The lowest BCUT2D eigenvalue weighted by Crippen LogP contribution is -2.52. The number of allylic oxidation sites excluding steroid dienone is 4. The highest BCUT2D eigenvalue weighted by Gasteiger charge is 2.32. The standard InChI is InChI=1S/C38H59N3O7/c1-28(27-47-37(45)41-21-20-32(42)26-41)12-11-13-29(2)35-30(3)18-19-33(16-9-6-10-17-34(43)36(35)44)48-38(46)40-24-22-39(23-25-40)31-14-7-4-5-8-15-31/h11-13,18-19,28,30-33,35,42H,4-10,14-17,20-27H2,1-3H3/b12-11+,19-18+,29-13+/t28-,30+,32-,33-,35-/m1/s1. The predicted molar refractivity (Wildman–Crippen MR) is 185 cm³/mol. The number of piperazine rings is 1. The first-order valence-corrected chi connectivity index (χ1v) is 18.5. The molecule has 3 fully saturated rings. The number of hydrogen-bond donors (Lipinski definition) is 1. The van der Waals surface area contributed by atoms with Gasteiger partial charge in [-0.15, -0.1) is 0 Å². The lowest BCUT2D eigenvalue weighted by atomic mass is 9.81. The van der Waals surface area contributed by atoms with Gasteiger partial charge in [-0.05, 0) is 57.4 Å². The summed E-state index contributed by atoms with van der Waals surface area (Å²) in [6, 6.07) is 0.640. The van der Waals surface area contributed by atoms with Crippen LogP contribution in [0.4, 0.5) is 9.59 Å². The number of Topliss-reactive ketones (excluding diaryl/α,β-unsaturated/α-hetero) is 2. The van der Waals surface area contributed by atoms with Crippen LogP contribution < -0.4 is 0 Å². The number of ketones is 2. The summed E-state index contributed by atoms with van der Waals surface area (Å²) in [5, 5.41) is 9.65. The van der Waals surface area contributed by atoms with E-state index in [4.69, 9.17) is 9.47 Å². The van der Waals surface area contributed by atoms with Crippen molar-refractivity contribution in [1.82, 2.24) is 14.7 Å². The fourth-order valence-corrected chi connectivity index (χ4v) is 7.42. The largest absolute Gasteiger partial charge is 0.449 e. The zero-order valence-corrected chi connectivity index (χ0v) is 29.5. The van der Waals surface area contributed by atoms with Crippen LogP contribution in [0.2, 0.25) is 0 Å². The monoisotopic (exact) mass is 669 g/mol. The molecule has 0 bridgehead atoms. The Morgan fingerprint density at radius 2 is 1.58 bits per heavy atom. The molecule has 2 heterocycles. The van der Waals surface area contributed by atoms with E-state index in [-0.39, 0.29) is 48.6 Å². The van der Waals surface area contributed by atoms with Gasteiger partial charge in [0.15, 0.2) is 5.78 Å². The van der Waals surface area contributed by atoms with Crippen molar-refractivity contribution < 1.29 is 33.8 Å². The highest BCUT2D eigenvalue weighted by atomic mass is 16.6. The molecule has 10 nitrogen and oxygen atoms in total. The van der Waals surface area contributed by atoms with Crippen LogP contribution >= 0.6 is 0 Å². The molecule has 0 aromatic heterocycles. The second-order valence-electron chi connectivity index (χ2n) is 14.4. The summed E-state index contributed by atoms with van der Waals surface area (Å²) in [7, 11) is 0. The van der Waals surface area contributed by atoms with Crippen molar-refractivity contribution in [3.05, 3.63) is 36.0 Å². The summed E-state index contributed by atoms with van der Waals surface area (Å²) in [6.45, 7) is 9.87. The van der Waals surface area contributed by atoms with E-state index in [1.54, 1.807) is 0 Å². The van der Waals surface area contributed by atoms with Gasteiger partial charge >= 0.3 is 12.2 Å². The summed E-state index contributed by atoms with van der Waals surface area (Å²) in [6.07, 6.45) is 19.4. The molecule has 48 heavy (non-hydrogen) atoms. The Morgan fingerprint density at radius 1 is 0.896 bits per heavy atom. The Morgan fingerprint density at radius 3 is 2.27 bits per heavy atom. The zero-order chi connectivity index (χ0) is 34.5. The second kappa shape index (κ2) is 19.3. The van der Waals surface area contributed by atoms with E-state index in [9.17, 15) is 24.3 Å². The van der Waals surface area contributed by atoms with Crippen LogP contribution in [-0.4, -0.2) is 108 Å². The van der Waals surface area contributed by atoms with Crippen LogP contribution in [-0.2, 0) is 19.1 Å². The van der Waals surface area contributed by atoms with Crippen molar-refractivity contribution in [3.8, 4) is 0 Å². The highest BCUT2D eigenvalue weighted by molar-refractivity contribution is 6.38. The molecule has 1 N–H and O–H groups in total. The normalized spacial score (nSPS) is 29.2. The van der Waals surface area contributed by atoms with Crippen molar-refractivity contribution in [3.63, 3.8) is 0 Å². The van der Waals surface area contributed by atoms with Crippen molar-refractivity contribution >= 4 is 23.8 Å². The fourth-order valence-electron chi connectivity index (χ4n) is 7.42. The van der Waals surface area contributed by atoms with Gasteiger partial charge in [-0.2, -0.15) is 0 Å². The first-order chi connectivity index (χ1) is 23.1. The third kappa shape index (κ3) is 11.6. The van der Waals surface area contributed by atoms with Crippen LogP contribution in [0.3, 0.4) is 0 Å². The number of carbonyl (C=O) groups excluding carboxylic acids is 4. The Hall–Kier alpha value is -2.98. The smallest absolute Gasteiger partial charge is 0.410 e. The molecule has 268 valence electrons. The molecule has 4 rings (SSSR count). The molecule has 2 saturated heterocycles. The number of carbonyl (C=O) groups is 4. The topological polar surface area (TPSA) is 117 Å². The first kappa shape index (κ1) is 37.8. The SMILES string of the molecule is C/C(=C\C=C\[C@@H](C)COC(=O)N1CC[C@@H](O)C1)[C@H]1C(=O)C(=O)CCCCC[C@@H](OC(=O)N2CCN(C3CCCCCC3)CC2)/C=C/[C@@H]1C. The number of rotatable bonds is 7. The van der Waals surface area contributed by atoms with Crippen LogP contribution in [0.1, 0.15) is 97.8 Å². The Balaban J connectivity index is 1.33. The van der Waals surface area contributed by atoms with E-state index in [0.717, 1.165) is 31.5 Å². The van der Waals surface area contributed by atoms with Crippen molar-refractivity contribution in [2.75, 3.05) is 45.9 Å². The molecule has 2 aliphatic carbocycles. The molecular weight excluding hydrogens is 610 g/mol. The number of β-amino-alcohol motifs (C(OH)–C–C–N with tert-alkyl or cyclic N) is 1. The van der Waals surface area contributed by atoms with Gasteiger partial charge < -0.3 is 24.4 Å². The van der Waals surface area contributed by atoms with Crippen LogP contribution in [0.25, 0.3) is 0 Å². The maximum Gasteiger partial charge on any atom is 0.410 e. The number of aliphatic hydroxyl groups is 1. The van der Waals surface area contributed by atoms with E-state index in [2.05, 4.69) is 4.90 Å². The molecule has 1 saturated carbocycles. The molecule has 0 aromatic carbocycles. The molecule has 4 aliphatic rings. The van der Waals surface area contributed by atoms with Crippen molar-refractivity contribution in [1.29, 1.82) is 0 Å². The summed E-state index contributed by atoms with van der Waals surface area (Å²) in [4.78, 5) is 57.8. The van der Waals surface area contributed by atoms with Gasteiger partial charge in [0, 0.05) is 57.6 Å². The average molecular weight is 670 g/mol. The first-order valence-electron chi connectivity index (χ1n) is 18.5. The Bertz CT molecular complexity index is 1170. The fraction of sp³-hybridized carbons (Fsp3) is 0.737. The highest BCUT2D eigenvalue weighted by Crippen LogP contribution is 2.27. The molecule has 2 amide bonds. The van der Waals surface area contributed by atoms with Gasteiger partial charge in [0.2, 0.25) is 5.78 Å². The summed E-state index contributed by atoms with van der Waals surface area (Å²) < 4.78 is 11.5. The van der Waals surface area contributed by atoms with Gasteiger partial charge in [0.25, 0.3) is 0 Å². The van der Waals surface area contributed by atoms with E-state index in [1.807, 2.05) is 56.1 Å². The van der Waals surface area contributed by atoms with Gasteiger partial charge in [0.05, 0.1) is 18.6 Å². The summed E-state index contributed by atoms with van der Waals surface area (Å²) >= 11 is 0. The number of ether oxygens (including phenoxy) is 2. The molecular formula is C38H59N3O7.